The van der Waals surface area contributed by atoms with Crippen LogP contribution in [0.4, 0.5) is 5.69 Å². The van der Waals surface area contributed by atoms with Gasteiger partial charge in [0.2, 0.25) is 5.91 Å². The molecule has 1 amide bonds. The van der Waals surface area contributed by atoms with Crippen LogP contribution in [0.1, 0.15) is 43.7 Å². The molecular formula is C17H24N2O. The lowest BCUT2D eigenvalue weighted by atomic mass is 9.81. The number of anilines is 1. The van der Waals surface area contributed by atoms with Crippen molar-refractivity contribution < 1.29 is 4.79 Å². The van der Waals surface area contributed by atoms with Crippen molar-refractivity contribution in [3.05, 3.63) is 29.3 Å². The first-order chi connectivity index (χ1) is 9.73. The highest BCUT2D eigenvalue weighted by molar-refractivity contribution is 5.95. The Morgan fingerprint density at radius 2 is 2.20 bits per heavy atom. The maximum Gasteiger partial charge on any atom is 0.231 e. The molecule has 20 heavy (non-hydrogen) atoms. The number of rotatable bonds is 4. The average Bonchev–Trinajstić information content (AvgIpc) is 3.08. The van der Waals surface area contributed by atoms with E-state index in [4.69, 9.17) is 0 Å². The van der Waals surface area contributed by atoms with Crippen molar-refractivity contribution in [2.24, 2.45) is 5.41 Å². The third kappa shape index (κ3) is 2.47. The van der Waals surface area contributed by atoms with Gasteiger partial charge in [-0.3, -0.25) is 4.79 Å². The summed E-state index contributed by atoms with van der Waals surface area (Å²) in [5.74, 6) is 0.197. The lowest BCUT2D eigenvalue weighted by Crippen LogP contribution is -2.38. The molecule has 0 aromatic heterocycles. The van der Waals surface area contributed by atoms with Crippen molar-refractivity contribution in [1.82, 2.24) is 5.32 Å². The highest BCUT2D eigenvalue weighted by Gasteiger charge is 2.40. The highest BCUT2D eigenvalue weighted by atomic mass is 16.2. The fraction of sp³-hybridized carbons (Fsp3) is 0.588. The lowest BCUT2D eigenvalue weighted by Gasteiger charge is -2.26. The second kappa shape index (κ2) is 5.57. The number of hydrogen-bond donors (Lipinski definition) is 2. The van der Waals surface area contributed by atoms with Crippen LogP contribution in [-0.2, 0) is 17.6 Å². The van der Waals surface area contributed by atoms with Crippen LogP contribution in [0, 0.1) is 5.41 Å². The zero-order chi connectivity index (χ0) is 14.0. The maximum atomic E-state index is 12.7. The molecule has 3 nitrogen and oxygen atoms in total. The molecule has 0 spiro atoms. The fourth-order valence-electron chi connectivity index (χ4n) is 3.66. The van der Waals surface area contributed by atoms with Crippen molar-refractivity contribution in [2.75, 3.05) is 18.4 Å². The van der Waals surface area contributed by atoms with E-state index < -0.39 is 0 Å². The predicted molar refractivity (Wildman–Crippen MR) is 81.9 cm³/mol. The van der Waals surface area contributed by atoms with E-state index in [-0.39, 0.29) is 11.3 Å². The molecule has 2 aliphatic rings. The third-order valence-electron chi connectivity index (χ3n) is 4.81. The van der Waals surface area contributed by atoms with Crippen LogP contribution in [-0.4, -0.2) is 19.0 Å². The zero-order valence-electron chi connectivity index (χ0n) is 12.3. The van der Waals surface area contributed by atoms with Crippen molar-refractivity contribution in [3.63, 3.8) is 0 Å². The molecule has 1 atom stereocenters. The van der Waals surface area contributed by atoms with Crippen molar-refractivity contribution in [2.45, 2.75) is 45.4 Å². The molecule has 1 aromatic rings. The summed E-state index contributed by atoms with van der Waals surface area (Å²) in [6.45, 7) is 3.93. The quantitative estimate of drug-likeness (QED) is 0.885. The molecular weight excluding hydrogens is 248 g/mol. The number of nitrogens with one attached hydrogen (secondary N) is 2. The minimum atomic E-state index is -0.201. The van der Waals surface area contributed by atoms with Crippen LogP contribution in [0.3, 0.4) is 0 Å². The standard InChI is InChI=1S/C17H24N2O/c1-2-8-17(9-10-18-12-17)16(20)19-15-7-6-13-4-3-5-14(13)11-15/h6-7,11,18H,2-5,8-10,12H2,1H3,(H,19,20). The third-order valence-corrected chi connectivity index (χ3v) is 4.81. The van der Waals surface area contributed by atoms with Gasteiger partial charge in [0, 0.05) is 12.2 Å². The Labute approximate surface area is 121 Å². The number of carbonyl (C=O) groups excluding carboxylic acids is 1. The molecule has 1 fully saturated rings. The normalized spacial score (nSPS) is 24.6. The minimum absolute atomic E-state index is 0.197. The molecule has 1 aromatic carbocycles. The molecule has 1 heterocycles. The molecule has 3 rings (SSSR count). The van der Waals surface area contributed by atoms with Crippen LogP contribution in [0.5, 0.6) is 0 Å². The molecule has 108 valence electrons. The monoisotopic (exact) mass is 272 g/mol. The van der Waals surface area contributed by atoms with E-state index in [2.05, 4.69) is 35.8 Å². The summed E-state index contributed by atoms with van der Waals surface area (Å²) in [4.78, 5) is 12.7. The van der Waals surface area contributed by atoms with Crippen LogP contribution < -0.4 is 10.6 Å². The van der Waals surface area contributed by atoms with E-state index in [1.807, 2.05) is 0 Å². The first-order valence-electron chi connectivity index (χ1n) is 7.87. The first kappa shape index (κ1) is 13.6. The van der Waals surface area contributed by atoms with E-state index in [1.165, 1.54) is 24.0 Å². The number of hydrogen-bond acceptors (Lipinski definition) is 2. The van der Waals surface area contributed by atoms with Crippen molar-refractivity contribution in [1.29, 1.82) is 0 Å². The Bertz CT molecular complexity index is 504. The smallest absolute Gasteiger partial charge is 0.231 e. The van der Waals surface area contributed by atoms with Gasteiger partial charge in [-0.05, 0) is 61.9 Å². The average molecular weight is 272 g/mol. The summed E-state index contributed by atoms with van der Waals surface area (Å²) in [6, 6.07) is 6.41. The molecule has 1 saturated heterocycles. The van der Waals surface area contributed by atoms with Crippen molar-refractivity contribution >= 4 is 11.6 Å². The summed E-state index contributed by atoms with van der Waals surface area (Å²) < 4.78 is 0. The molecule has 1 aliphatic carbocycles. The first-order valence-corrected chi connectivity index (χ1v) is 7.87. The van der Waals surface area contributed by atoms with Gasteiger partial charge < -0.3 is 10.6 Å². The van der Waals surface area contributed by atoms with Gasteiger partial charge in [0.25, 0.3) is 0 Å². The second-order valence-corrected chi connectivity index (χ2v) is 6.25. The van der Waals surface area contributed by atoms with Crippen LogP contribution in [0.15, 0.2) is 18.2 Å². The number of fused-ring (bicyclic) bond motifs is 1. The molecule has 1 aliphatic heterocycles. The van der Waals surface area contributed by atoms with E-state index in [1.54, 1.807) is 0 Å². The van der Waals surface area contributed by atoms with Gasteiger partial charge in [-0.2, -0.15) is 0 Å². The minimum Gasteiger partial charge on any atom is -0.326 e. The van der Waals surface area contributed by atoms with E-state index >= 15 is 0 Å². The Hall–Kier alpha value is -1.35. The summed E-state index contributed by atoms with van der Waals surface area (Å²) in [7, 11) is 0. The van der Waals surface area contributed by atoms with E-state index in [0.717, 1.165) is 44.5 Å². The Morgan fingerprint density at radius 1 is 1.35 bits per heavy atom. The summed E-state index contributed by atoms with van der Waals surface area (Å²) in [5, 5.41) is 6.51. The number of aryl methyl sites for hydroxylation is 2. The Morgan fingerprint density at radius 3 is 2.95 bits per heavy atom. The molecule has 0 radical (unpaired) electrons. The van der Waals surface area contributed by atoms with Gasteiger partial charge in [-0.25, -0.2) is 0 Å². The lowest BCUT2D eigenvalue weighted by molar-refractivity contribution is -0.125. The van der Waals surface area contributed by atoms with Crippen LogP contribution >= 0.6 is 0 Å². The molecule has 0 saturated carbocycles. The predicted octanol–water partition coefficient (Wildman–Crippen LogP) is 2.89. The number of amides is 1. The SMILES string of the molecule is CCCC1(C(=O)Nc2ccc3c(c2)CCC3)CCNC1. The van der Waals surface area contributed by atoms with E-state index in [0.29, 0.717) is 0 Å². The fourth-order valence-corrected chi connectivity index (χ4v) is 3.66. The molecule has 3 heteroatoms. The van der Waals surface area contributed by atoms with Gasteiger partial charge in [-0.1, -0.05) is 19.4 Å². The van der Waals surface area contributed by atoms with Crippen LogP contribution in [0.25, 0.3) is 0 Å². The Kier molecular flexibility index (Phi) is 3.79. The van der Waals surface area contributed by atoms with Gasteiger partial charge in [0.1, 0.15) is 0 Å². The number of carbonyl (C=O) groups is 1. The number of benzene rings is 1. The molecule has 0 bridgehead atoms. The van der Waals surface area contributed by atoms with Gasteiger partial charge in [0.05, 0.1) is 5.41 Å². The topological polar surface area (TPSA) is 41.1 Å². The summed E-state index contributed by atoms with van der Waals surface area (Å²) >= 11 is 0. The summed E-state index contributed by atoms with van der Waals surface area (Å²) in [6.07, 6.45) is 6.57. The molecule has 1 unspecified atom stereocenters. The summed E-state index contributed by atoms with van der Waals surface area (Å²) in [5.41, 5.74) is 3.64. The Balaban J connectivity index is 1.74. The van der Waals surface area contributed by atoms with Crippen LogP contribution in [0.2, 0.25) is 0 Å². The van der Waals surface area contributed by atoms with Gasteiger partial charge in [0.15, 0.2) is 0 Å². The zero-order valence-corrected chi connectivity index (χ0v) is 12.3. The maximum absolute atomic E-state index is 12.7. The van der Waals surface area contributed by atoms with Gasteiger partial charge >= 0.3 is 0 Å². The van der Waals surface area contributed by atoms with E-state index in [9.17, 15) is 4.79 Å². The highest BCUT2D eigenvalue weighted by Crippen LogP contribution is 2.33. The largest absolute Gasteiger partial charge is 0.326 e. The molecule has 2 N–H and O–H groups in total. The second-order valence-electron chi connectivity index (χ2n) is 6.25. The van der Waals surface area contributed by atoms with Crippen molar-refractivity contribution in [3.8, 4) is 0 Å². The van der Waals surface area contributed by atoms with Gasteiger partial charge in [-0.15, -0.1) is 0 Å².